The van der Waals surface area contributed by atoms with Crippen LogP contribution in [0.1, 0.15) is 21.6 Å². The highest BCUT2D eigenvalue weighted by molar-refractivity contribution is 5.81. The van der Waals surface area contributed by atoms with Gasteiger partial charge in [-0.2, -0.15) is 9.97 Å². The van der Waals surface area contributed by atoms with Crippen LogP contribution in [0.15, 0.2) is 30.5 Å². The molecule has 4 N–H and O–H groups in total. The van der Waals surface area contributed by atoms with Gasteiger partial charge in [-0.3, -0.25) is 4.79 Å². The second-order valence-corrected chi connectivity index (χ2v) is 4.86. The van der Waals surface area contributed by atoms with E-state index in [-0.39, 0.29) is 11.8 Å². The van der Waals surface area contributed by atoms with Gasteiger partial charge in [-0.15, -0.1) is 0 Å². The van der Waals surface area contributed by atoms with Crippen LogP contribution in [-0.2, 0) is 12.8 Å². The van der Waals surface area contributed by atoms with E-state index in [0.717, 1.165) is 24.0 Å². The van der Waals surface area contributed by atoms with Gasteiger partial charge in [0.05, 0.1) is 11.9 Å². The molecule has 0 amide bonds. The zero-order valence-electron chi connectivity index (χ0n) is 11.7. The van der Waals surface area contributed by atoms with Crippen LogP contribution in [0.25, 0.3) is 11.2 Å². The third-order valence-electron chi connectivity index (χ3n) is 3.29. The second-order valence-electron chi connectivity index (χ2n) is 4.86. The molecule has 22 heavy (non-hydrogen) atoms. The second kappa shape index (κ2) is 5.72. The largest absolute Gasteiger partial charge is 0.382 e. The Morgan fingerprint density at radius 3 is 2.50 bits per heavy atom. The molecule has 110 valence electrons. The molecular weight excluding hydrogens is 280 g/mol. The quantitative estimate of drug-likeness (QED) is 0.693. The molecule has 1 aromatic carbocycles. The third kappa shape index (κ3) is 2.83. The lowest BCUT2D eigenvalue weighted by atomic mass is 10.1. The Labute approximate surface area is 126 Å². The van der Waals surface area contributed by atoms with Crippen molar-refractivity contribution in [1.82, 2.24) is 19.9 Å². The number of nitrogens with two attached hydrogens (primary N) is 2. The molecule has 7 nitrogen and oxygen atoms in total. The number of nitrogens with zero attached hydrogens (tertiary/aromatic N) is 4. The average molecular weight is 294 g/mol. The summed E-state index contributed by atoms with van der Waals surface area (Å²) in [5.74, 6) is 0.314. The van der Waals surface area contributed by atoms with Crippen molar-refractivity contribution in [2.75, 3.05) is 11.5 Å². The Kier molecular flexibility index (Phi) is 3.61. The number of hydrogen-bond donors (Lipinski definition) is 2. The number of carbonyl (C=O) groups is 1. The maximum Gasteiger partial charge on any atom is 0.224 e. The number of carbonyl (C=O) groups excluding carboxylic acids is 1. The van der Waals surface area contributed by atoms with Gasteiger partial charge in [-0.25, -0.2) is 9.97 Å². The minimum atomic E-state index is 0.0855. The number of benzene rings is 1. The van der Waals surface area contributed by atoms with Crippen molar-refractivity contribution in [1.29, 1.82) is 0 Å². The first-order chi connectivity index (χ1) is 10.7. The highest BCUT2D eigenvalue weighted by atomic mass is 16.1. The van der Waals surface area contributed by atoms with E-state index in [0.29, 0.717) is 23.1 Å². The van der Waals surface area contributed by atoms with Crippen LogP contribution >= 0.6 is 0 Å². The number of fused-ring (bicyclic) bond motifs is 1. The van der Waals surface area contributed by atoms with E-state index >= 15 is 0 Å². The summed E-state index contributed by atoms with van der Waals surface area (Å²) in [6.07, 6.45) is 3.98. The van der Waals surface area contributed by atoms with Crippen molar-refractivity contribution in [3.8, 4) is 0 Å². The maximum atomic E-state index is 10.6. The third-order valence-corrected chi connectivity index (χ3v) is 3.29. The minimum absolute atomic E-state index is 0.0855. The van der Waals surface area contributed by atoms with Gasteiger partial charge in [0.25, 0.3) is 0 Å². The molecule has 0 atom stereocenters. The highest BCUT2D eigenvalue weighted by Gasteiger charge is 2.07. The molecule has 0 aliphatic heterocycles. The molecule has 0 saturated heterocycles. The van der Waals surface area contributed by atoms with Gasteiger partial charge < -0.3 is 11.5 Å². The molecule has 0 radical (unpaired) electrons. The summed E-state index contributed by atoms with van der Waals surface area (Å²) >= 11 is 0. The highest BCUT2D eigenvalue weighted by Crippen LogP contribution is 2.15. The molecule has 0 unspecified atom stereocenters. The Bertz CT molecular complexity index is 831. The molecular formula is C15H14N6O. The van der Waals surface area contributed by atoms with Crippen LogP contribution in [0.3, 0.4) is 0 Å². The summed E-state index contributed by atoms with van der Waals surface area (Å²) in [6, 6.07) is 7.44. The van der Waals surface area contributed by atoms with Gasteiger partial charge >= 0.3 is 0 Å². The molecule has 0 fully saturated rings. The van der Waals surface area contributed by atoms with Crippen molar-refractivity contribution in [3.63, 3.8) is 0 Å². The zero-order valence-corrected chi connectivity index (χ0v) is 11.7. The Morgan fingerprint density at radius 2 is 1.77 bits per heavy atom. The first-order valence-corrected chi connectivity index (χ1v) is 6.74. The van der Waals surface area contributed by atoms with E-state index in [1.807, 2.05) is 12.1 Å². The average Bonchev–Trinajstić information content (AvgIpc) is 2.53. The van der Waals surface area contributed by atoms with Crippen LogP contribution < -0.4 is 11.5 Å². The topological polar surface area (TPSA) is 121 Å². The van der Waals surface area contributed by atoms with E-state index in [9.17, 15) is 4.79 Å². The summed E-state index contributed by atoms with van der Waals surface area (Å²) in [7, 11) is 0. The molecule has 0 spiro atoms. The van der Waals surface area contributed by atoms with Gasteiger partial charge in [-0.05, 0) is 18.4 Å². The molecule has 3 rings (SSSR count). The van der Waals surface area contributed by atoms with Crippen LogP contribution in [0, 0.1) is 0 Å². The van der Waals surface area contributed by atoms with E-state index in [2.05, 4.69) is 19.9 Å². The number of hydrogen-bond acceptors (Lipinski definition) is 7. The fraction of sp³-hybridized carbons (Fsp3) is 0.133. The summed E-state index contributed by atoms with van der Waals surface area (Å²) in [6.45, 7) is 0. The van der Waals surface area contributed by atoms with Gasteiger partial charge in [0.1, 0.15) is 6.29 Å². The lowest BCUT2D eigenvalue weighted by Gasteiger charge is -2.05. The fourth-order valence-corrected chi connectivity index (χ4v) is 2.14. The predicted molar refractivity (Wildman–Crippen MR) is 83.2 cm³/mol. The smallest absolute Gasteiger partial charge is 0.224 e. The lowest BCUT2D eigenvalue weighted by molar-refractivity contribution is 0.112. The number of nitrogen functional groups attached to an aromatic ring is 2. The Morgan fingerprint density at radius 1 is 1.00 bits per heavy atom. The minimum Gasteiger partial charge on any atom is -0.382 e. The molecule has 0 aliphatic rings. The number of aryl methyl sites for hydroxylation is 2. The Balaban J connectivity index is 1.80. The first-order valence-electron chi connectivity index (χ1n) is 6.74. The van der Waals surface area contributed by atoms with Crippen LogP contribution in [0.2, 0.25) is 0 Å². The molecule has 0 aliphatic carbocycles. The lowest BCUT2D eigenvalue weighted by Crippen LogP contribution is -2.05. The van der Waals surface area contributed by atoms with E-state index in [4.69, 9.17) is 11.5 Å². The first kappa shape index (κ1) is 13.9. The van der Waals surface area contributed by atoms with Crippen LogP contribution in [0.5, 0.6) is 0 Å². The van der Waals surface area contributed by atoms with E-state index in [1.165, 1.54) is 0 Å². The molecule has 0 bridgehead atoms. The monoisotopic (exact) mass is 294 g/mol. The van der Waals surface area contributed by atoms with Crippen molar-refractivity contribution >= 4 is 29.2 Å². The molecule has 3 aromatic rings. The molecule has 2 aromatic heterocycles. The van der Waals surface area contributed by atoms with E-state index in [1.54, 1.807) is 18.3 Å². The molecule has 0 saturated carbocycles. The van der Waals surface area contributed by atoms with Gasteiger partial charge in [-0.1, -0.05) is 24.3 Å². The van der Waals surface area contributed by atoms with Gasteiger partial charge in [0.15, 0.2) is 17.0 Å². The Hall–Kier alpha value is -3.09. The number of rotatable bonds is 4. The number of aromatic nitrogens is 4. The van der Waals surface area contributed by atoms with Crippen molar-refractivity contribution in [2.45, 2.75) is 12.8 Å². The van der Waals surface area contributed by atoms with Crippen molar-refractivity contribution in [3.05, 3.63) is 47.3 Å². The predicted octanol–water partition coefficient (Wildman–Crippen LogP) is 1.18. The summed E-state index contributed by atoms with van der Waals surface area (Å²) in [5, 5.41) is 0. The zero-order chi connectivity index (χ0) is 15.5. The molecule has 2 heterocycles. The van der Waals surface area contributed by atoms with Crippen LogP contribution in [-0.4, -0.2) is 26.2 Å². The molecule has 7 heteroatoms. The maximum absolute atomic E-state index is 10.6. The summed E-state index contributed by atoms with van der Waals surface area (Å²) < 4.78 is 0. The number of aldehydes is 1. The SMILES string of the molecule is Nc1nc(N)c2nc(CCc3ccc(C=O)cc3)cnc2n1. The fourth-order valence-electron chi connectivity index (χ4n) is 2.14. The summed E-state index contributed by atoms with van der Waals surface area (Å²) in [5.41, 5.74) is 14.8. The van der Waals surface area contributed by atoms with Crippen molar-refractivity contribution < 1.29 is 4.79 Å². The van der Waals surface area contributed by atoms with Crippen LogP contribution in [0.4, 0.5) is 11.8 Å². The normalized spacial score (nSPS) is 10.7. The van der Waals surface area contributed by atoms with Gasteiger partial charge in [0, 0.05) is 5.56 Å². The standard InChI is InChI=1S/C15H14N6O/c16-13-12-14(21-15(17)20-13)18-7-11(19-12)6-5-9-1-3-10(8-22)4-2-9/h1-4,7-8H,5-6H2,(H4,16,17,18,20,21). The van der Waals surface area contributed by atoms with Gasteiger partial charge in [0.2, 0.25) is 5.95 Å². The van der Waals surface area contributed by atoms with Crippen molar-refractivity contribution in [2.24, 2.45) is 0 Å². The number of anilines is 2. The van der Waals surface area contributed by atoms with E-state index < -0.39 is 0 Å². The summed E-state index contributed by atoms with van der Waals surface area (Å²) in [4.78, 5) is 27.2.